The number of carbonyl (C=O) groups excluding carboxylic acids is 1. The van der Waals surface area contributed by atoms with Gasteiger partial charge in [0.25, 0.3) is 0 Å². The van der Waals surface area contributed by atoms with Gasteiger partial charge in [-0.25, -0.2) is 0 Å². The predicted octanol–water partition coefficient (Wildman–Crippen LogP) is 14.7. The second kappa shape index (κ2) is 17.7. The minimum absolute atomic E-state index is 0. The summed E-state index contributed by atoms with van der Waals surface area (Å²) in [5.41, 5.74) is 6.58. The summed E-state index contributed by atoms with van der Waals surface area (Å²) in [4.78, 5) is 16.9. The number of fused-ring (bicyclic) bond motifs is 2. The summed E-state index contributed by atoms with van der Waals surface area (Å²) in [6.07, 6.45) is 11.7. The summed E-state index contributed by atoms with van der Waals surface area (Å²) in [5, 5.41) is 13.7. The number of benzene rings is 3. The Morgan fingerprint density at radius 2 is 1.51 bits per heavy atom. The zero-order valence-corrected chi connectivity index (χ0v) is 37.7. The zero-order valence-electron chi connectivity index (χ0n) is 35.3. The number of pyridine rings is 1. The van der Waals surface area contributed by atoms with E-state index in [9.17, 15) is 9.90 Å². The molecule has 1 aliphatic rings. The Morgan fingerprint density at radius 3 is 2.13 bits per heavy atom. The van der Waals surface area contributed by atoms with E-state index in [2.05, 4.69) is 101 Å². The Hall–Kier alpha value is -3.53. The number of aliphatic hydroxyl groups excluding tert-OH is 1. The van der Waals surface area contributed by atoms with Gasteiger partial charge in [-0.05, 0) is 91.9 Å². The molecule has 0 saturated heterocycles. The van der Waals surface area contributed by atoms with Crippen LogP contribution in [-0.4, -0.2) is 15.9 Å². The molecule has 1 aliphatic carbocycles. The molecule has 5 heteroatoms. The van der Waals surface area contributed by atoms with Crippen LogP contribution in [0.4, 0.5) is 0 Å². The van der Waals surface area contributed by atoms with E-state index in [0.29, 0.717) is 11.3 Å². The number of rotatable bonds is 10. The fourth-order valence-electron chi connectivity index (χ4n) is 7.58. The molecule has 0 unspecified atom stereocenters. The number of hydrogen-bond acceptors (Lipinski definition) is 4. The molecule has 2 aromatic heterocycles. The fraction of sp³-hybridized carbons (Fsp3) is 0.480. The van der Waals surface area contributed by atoms with Crippen molar-refractivity contribution < 1.29 is 34.4 Å². The fourth-order valence-corrected chi connectivity index (χ4v) is 7.58. The minimum Gasteiger partial charge on any atom is -0.512 e. The molecule has 3 aromatic carbocycles. The molecule has 4 nitrogen and oxygen atoms in total. The van der Waals surface area contributed by atoms with Crippen LogP contribution in [0.5, 0.6) is 0 Å². The number of hydrogen-bond donors (Lipinski definition) is 1. The van der Waals surface area contributed by atoms with Gasteiger partial charge in [-0.1, -0.05) is 124 Å². The molecule has 0 spiro atoms. The van der Waals surface area contributed by atoms with E-state index in [-0.39, 0.29) is 47.9 Å². The molecule has 0 amide bonds. The van der Waals surface area contributed by atoms with Crippen LogP contribution in [0.1, 0.15) is 145 Å². The number of aliphatic hydroxyl groups is 1. The first-order valence-corrected chi connectivity index (χ1v) is 20.4. The Bertz CT molecular complexity index is 2090. The Kier molecular flexibility index (Phi) is 14.2. The van der Waals surface area contributed by atoms with Crippen LogP contribution in [0.2, 0.25) is 0 Å². The van der Waals surface area contributed by atoms with Gasteiger partial charge in [0.1, 0.15) is 17.1 Å². The molecule has 0 aliphatic heterocycles. The van der Waals surface area contributed by atoms with Crippen molar-refractivity contribution >= 4 is 27.5 Å². The van der Waals surface area contributed by atoms with Crippen molar-refractivity contribution in [1.29, 1.82) is 0 Å². The van der Waals surface area contributed by atoms with Crippen LogP contribution >= 0.6 is 0 Å². The van der Waals surface area contributed by atoms with Crippen LogP contribution < -0.4 is 0 Å². The van der Waals surface area contributed by atoms with Crippen molar-refractivity contribution in [2.75, 3.05) is 0 Å². The summed E-state index contributed by atoms with van der Waals surface area (Å²) in [5.74, 6) is 1.81. The van der Waals surface area contributed by atoms with E-state index in [1.165, 1.54) is 48.3 Å². The first-order valence-electron chi connectivity index (χ1n) is 20.4. The van der Waals surface area contributed by atoms with Crippen molar-refractivity contribution in [2.45, 2.75) is 139 Å². The van der Waals surface area contributed by atoms with Crippen LogP contribution in [0, 0.1) is 22.3 Å². The Balaban J connectivity index is 0.000000320. The molecular formula is C50H64IrNO3-. The van der Waals surface area contributed by atoms with E-state index in [1.54, 1.807) is 0 Å². The number of nitrogens with zero attached hydrogens (tertiary/aromatic N) is 1. The SMILES string of the molecule is CC1(C)CCC(c2ccc3cc(-c4ccnc(-c5[c-]c6ccccc6c(C(C)(C)C)c5)c4)oc3c2)CC1.CCC(C)(CC)C(=O)/C=C(\O)C(C)(CC)CC.[Ir]. The van der Waals surface area contributed by atoms with E-state index in [0.717, 1.165) is 64.6 Å². The van der Waals surface area contributed by atoms with Gasteiger partial charge in [-0.15, -0.1) is 29.1 Å². The standard InChI is InChI=1S/C35H36NO.C15H28O2.Ir/c1-34(2,3)30-19-28(18-25-8-6-7-9-29(25)30)31-20-27(14-17-36-31)33-22-26-11-10-24(21-32(26)37-33)23-12-15-35(4,5)16-13-23;1-7-14(5,8-2)12(16)11-13(17)15(6,9-3)10-4;/h6-11,14,17,19-23H,12-13,15-16H2,1-5H3;11,16H,7-10H2,1-6H3;/q-1;;/b;12-11-;. The van der Waals surface area contributed by atoms with Crippen molar-refractivity contribution in [2.24, 2.45) is 16.2 Å². The molecule has 297 valence electrons. The maximum atomic E-state index is 12.2. The monoisotopic (exact) mass is 919 g/mol. The number of allylic oxidation sites excluding steroid dienone is 2. The summed E-state index contributed by atoms with van der Waals surface area (Å²) in [6, 6.07) is 27.5. The van der Waals surface area contributed by atoms with Crippen LogP contribution in [0.15, 0.2) is 89.2 Å². The van der Waals surface area contributed by atoms with Crippen molar-refractivity contribution in [3.05, 3.63) is 102 Å². The molecule has 1 saturated carbocycles. The molecule has 1 N–H and O–H groups in total. The van der Waals surface area contributed by atoms with Gasteiger partial charge >= 0.3 is 0 Å². The first-order chi connectivity index (χ1) is 25.5. The van der Waals surface area contributed by atoms with Crippen molar-refractivity contribution in [3.8, 4) is 22.6 Å². The average molecular weight is 919 g/mol. The molecule has 2 heterocycles. The predicted molar refractivity (Wildman–Crippen MR) is 228 cm³/mol. The minimum atomic E-state index is -0.337. The molecule has 1 fully saturated rings. The second-order valence-corrected chi connectivity index (χ2v) is 18.1. The smallest absolute Gasteiger partial charge is 0.164 e. The van der Waals surface area contributed by atoms with Crippen molar-refractivity contribution in [3.63, 3.8) is 0 Å². The molecular weight excluding hydrogens is 855 g/mol. The van der Waals surface area contributed by atoms with Gasteiger partial charge in [0.05, 0.1) is 0 Å². The summed E-state index contributed by atoms with van der Waals surface area (Å²) in [6.45, 7) is 23.7. The van der Waals surface area contributed by atoms with Crippen molar-refractivity contribution in [1.82, 2.24) is 4.98 Å². The third-order valence-electron chi connectivity index (χ3n) is 12.9. The molecule has 6 rings (SSSR count). The quantitative estimate of drug-likeness (QED) is 0.0861. The number of aromatic nitrogens is 1. The van der Waals surface area contributed by atoms with E-state index in [4.69, 9.17) is 9.40 Å². The van der Waals surface area contributed by atoms with Gasteiger partial charge in [-0.2, -0.15) is 0 Å². The van der Waals surface area contributed by atoms with E-state index >= 15 is 0 Å². The molecule has 5 aromatic rings. The zero-order chi connectivity index (χ0) is 39.5. The molecule has 55 heavy (non-hydrogen) atoms. The van der Waals surface area contributed by atoms with Crippen LogP contribution in [0.3, 0.4) is 0 Å². The van der Waals surface area contributed by atoms with Gasteiger partial charge in [0, 0.05) is 59.9 Å². The number of ketones is 1. The van der Waals surface area contributed by atoms with Crippen LogP contribution in [-0.2, 0) is 30.3 Å². The topological polar surface area (TPSA) is 63.3 Å². The van der Waals surface area contributed by atoms with Gasteiger partial charge < -0.3 is 9.52 Å². The third-order valence-corrected chi connectivity index (χ3v) is 12.9. The van der Waals surface area contributed by atoms with Gasteiger partial charge in [-0.3, -0.25) is 9.78 Å². The summed E-state index contributed by atoms with van der Waals surface area (Å²) < 4.78 is 6.43. The maximum absolute atomic E-state index is 12.2. The molecule has 0 atom stereocenters. The maximum Gasteiger partial charge on any atom is 0.164 e. The van der Waals surface area contributed by atoms with E-state index in [1.807, 2.05) is 53.8 Å². The molecule has 1 radical (unpaired) electrons. The van der Waals surface area contributed by atoms with Crippen LogP contribution in [0.25, 0.3) is 44.3 Å². The summed E-state index contributed by atoms with van der Waals surface area (Å²) in [7, 11) is 0. The van der Waals surface area contributed by atoms with Gasteiger partial charge in [0.2, 0.25) is 0 Å². The van der Waals surface area contributed by atoms with E-state index < -0.39 is 0 Å². The first kappa shape index (κ1) is 44.2. The Morgan fingerprint density at radius 1 is 0.873 bits per heavy atom. The second-order valence-electron chi connectivity index (χ2n) is 18.1. The normalized spacial score (nSPS) is 15.4. The summed E-state index contributed by atoms with van der Waals surface area (Å²) >= 11 is 0. The number of furan rings is 1. The third kappa shape index (κ3) is 10.1. The Labute approximate surface area is 345 Å². The number of carbonyl (C=O) groups is 1. The molecule has 0 bridgehead atoms. The average Bonchev–Trinajstić information content (AvgIpc) is 3.60. The van der Waals surface area contributed by atoms with Gasteiger partial charge in [0.15, 0.2) is 5.78 Å². The largest absolute Gasteiger partial charge is 0.512 e.